The maximum Gasteiger partial charge on any atom is 0.315 e. The van der Waals surface area contributed by atoms with Crippen LogP contribution in [0.3, 0.4) is 0 Å². The monoisotopic (exact) mass is 232 g/mol. The van der Waals surface area contributed by atoms with Crippen LogP contribution in [0, 0.1) is 0 Å². The highest BCUT2D eigenvalue weighted by Crippen LogP contribution is 2.06. The molecule has 1 aliphatic rings. The Morgan fingerprint density at radius 3 is 2.87 bits per heavy atom. The van der Waals surface area contributed by atoms with Gasteiger partial charge in [0.15, 0.2) is 0 Å². The zero-order valence-corrected chi connectivity index (χ0v) is 10.1. The van der Waals surface area contributed by atoms with Gasteiger partial charge >= 0.3 is 6.03 Å². The van der Waals surface area contributed by atoms with Gasteiger partial charge < -0.3 is 10.6 Å². The highest BCUT2D eigenvalue weighted by atomic mass is 32.2. The Bertz CT molecular complexity index is 233. The maximum absolute atomic E-state index is 11.3. The second-order valence-corrected chi connectivity index (χ2v) is 5.52. The van der Waals surface area contributed by atoms with Gasteiger partial charge in [-0.2, -0.15) is 0 Å². The number of carbonyl (C=O) groups is 1. The molecule has 4 nitrogen and oxygen atoms in total. The molecule has 0 unspecified atom stereocenters. The molecular formula is C10H20N2O2S. The van der Waals surface area contributed by atoms with Gasteiger partial charge in [0.1, 0.15) is 0 Å². The quantitative estimate of drug-likeness (QED) is 0.695. The second-order valence-electron chi connectivity index (χ2n) is 3.90. The van der Waals surface area contributed by atoms with E-state index in [4.69, 9.17) is 0 Å². The summed E-state index contributed by atoms with van der Waals surface area (Å²) in [6, 6.07) is -0.00740. The van der Waals surface area contributed by atoms with Crippen molar-refractivity contribution in [2.75, 3.05) is 18.1 Å². The van der Waals surface area contributed by atoms with Gasteiger partial charge in [-0.3, -0.25) is 4.21 Å². The third-order valence-corrected chi connectivity index (χ3v) is 3.95. The fourth-order valence-electron chi connectivity index (χ4n) is 1.59. The molecule has 1 fully saturated rings. The van der Waals surface area contributed by atoms with Gasteiger partial charge in [0.2, 0.25) is 0 Å². The predicted molar refractivity (Wildman–Crippen MR) is 62.3 cm³/mol. The highest BCUT2D eigenvalue weighted by Gasteiger charge is 2.22. The van der Waals surface area contributed by atoms with Crippen LogP contribution in [0.1, 0.15) is 32.6 Å². The molecule has 15 heavy (non-hydrogen) atoms. The van der Waals surface area contributed by atoms with Gasteiger partial charge in [-0.1, -0.05) is 19.8 Å². The number of unbranched alkanes of at least 4 members (excludes halogenated alkanes) is 2. The first-order chi connectivity index (χ1) is 7.22. The first-order valence-corrected chi connectivity index (χ1v) is 7.10. The van der Waals surface area contributed by atoms with E-state index in [2.05, 4.69) is 17.6 Å². The minimum Gasteiger partial charge on any atom is -0.338 e. The van der Waals surface area contributed by atoms with Crippen LogP contribution in [0.25, 0.3) is 0 Å². The molecule has 0 spiro atoms. The summed E-state index contributed by atoms with van der Waals surface area (Å²) in [5.41, 5.74) is 0. The molecule has 0 aromatic heterocycles. The fourth-order valence-corrected chi connectivity index (χ4v) is 3.00. The highest BCUT2D eigenvalue weighted by molar-refractivity contribution is 7.85. The van der Waals surface area contributed by atoms with Crippen molar-refractivity contribution in [2.24, 2.45) is 0 Å². The number of amides is 2. The van der Waals surface area contributed by atoms with Gasteiger partial charge in [-0.15, -0.1) is 0 Å². The average molecular weight is 232 g/mol. The van der Waals surface area contributed by atoms with E-state index in [0.29, 0.717) is 5.75 Å². The molecule has 1 heterocycles. The molecule has 2 amide bonds. The third-order valence-electron chi connectivity index (χ3n) is 2.48. The van der Waals surface area contributed by atoms with E-state index >= 15 is 0 Å². The predicted octanol–water partition coefficient (Wildman–Crippen LogP) is 0.997. The van der Waals surface area contributed by atoms with E-state index in [9.17, 15) is 9.00 Å². The van der Waals surface area contributed by atoms with Crippen LogP contribution in [0.15, 0.2) is 0 Å². The van der Waals surface area contributed by atoms with E-state index in [1.54, 1.807) is 0 Å². The summed E-state index contributed by atoms with van der Waals surface area (Å²) >= 11 is 0. The Balaban J connectivity index is 2.05. The van der Waals surface area contributed by atoms with E-state index in [-0.39, 0.29) is 12.1 Å². The standard InChI is InChI=1S/C10H20N2O2S/c1-2-3-4-6-11-10(13)12-9-5-7-15(14)8-9/h9H,2-8H2,1H3,(H2,11,12,13)/t9-,15+/m1/s1. The van der Waals surface area contributed by atoms with Crippen molar-refractivity contribution < 1.29 is 9.00 Å². The largest absolute Gasteiger partial charge is 0.338 e. The zero-order valence-electron chi connectivity index (χ0n) is 9.25. The van der Waals surface area contributed by atoms with Crippen molar-refractivity contribution in [3.8, 4) is 0 Å². The summed E-state index contributed by atoms with van der Waals surface area (Å²) in [6.07, 6.45) is 4.17. The normalized spacial score (nSPS) is 25.1. The van der Waals surface area contributed by atoms with Gasteiger partial charge in [0, 0.05) is 34.9 Å². The minimum absolute atomic E-state index is 0.108. The van der Waals surface area contributed by atoms with Gasteiger partial charge in [-0.25, -0.2) is 4.79 Å². The fraction of sp³-hybridized carbons (Fsp3) is 0.900. The first kappa shape index (κ1) is 12.5. The Morgan fingerprint density at radius 2 is 2.27 bits per heavy atom. The summed E-state index contributed by atoms with van der Waals surface area (Å²) in [4.78, 5) is 11.3. The lowest BCUT2D eigenvalue weighted by Crippen LogP contribution is -2.42. The van der Waals surface area contributed by atoms with Crippen LogP contribution in [0.5, 0.6) is 0 Å². The smallest absolute Gasteiger partial charge is 0.315 e. The molecule has 0 saturated carbocycles. The molecular weight excluding hydrogens is 212 g/mol. The maximum atomic E-state index is 11.3. The topological polar surface area (TPSA) is 58.2 Å². The van der Waals surface area contributed by atoms with E-state index in [0.717, 1.165) is 38.0 Å². The third kappa shape index (κ3) is 5.16. The van der Waals surface area contributed by atoms with Crippen molar-refractivity contribution in [1.82, 2.24) is 10.6 Å². The number of rotatable bonds is 5. The van der Waals surface area contributed by atoms with Gasteiger partial charge in [-0.05, 0) is 12.8 Å². The zero-order chi connectivity index (χ0) is 11.1. The summed E-state index contributed by atoms with van der Waals surface area (Å²) in [7, 11) is -0.721. The molecule has 1 aliphatic heterocycles. The number of nitrogens with one attached hydrogen (secondary N) is 2. The SMILES string of the molecule is CCCCCNC(=O)N[C@@H]1CC[S@](=O)C1. The molecule has 0 bridgehead atoms. The lowest BCUT2D eigenvalue weighted by atomic mass is 10.2. The molecule has 1 saturated heterocycles. The van der Waals surface area contributed by atoms with Crippen molar-refractivity contribution in [3.05, 3.63) is 0 Å². The summed E-state index contributed by atoms with van der Waals surface area (Å²) < 4.78 is 11.1. The second kappa shape index (κ2) is 6.82. The molecule has 0 aromatic rings. The molecule has 1 rings (SSSR count). The molecule has 88 valence electrons. The van der Waals surface area contributed by atoms with Crippen LogP contribution in [-0.2, 0) is 10.8 Å². The van der Waals surface area contributed by atoms with Crippen LogP contribution >= 0.6 is 0 Å². The van der Waals surface area contributed by atoms with E-state index in [1.165, 1.54) is 0 Å². The molecule has 0 radical (unpaired) electrons. The molecule has 0 aliphatic carbocycles. The van der Waals surface area contributed by atoms with Crippen molar-refractivity contribution in [1.29, 1.82) is 0 Å². The van der Waals surface area contributed by atoms with Crippen LogP contribution in [-0.4, -0.2) is 34.3 Å². The summed E-state index contributed by atoms with van der Waals surface area (Å²) in [5.74, 6) is 1.34. The Labute approximate surface area is 93.7 Å². The number of hydrogen-bond donors (Lipinski definition) is 2. The Kier molecular flexibility index (Phi) is 5.68. The Morgan fingerprint density at radius 1 is 1.47 bits per heavy atom. The van der Waals surface area contributed by atoms with E-state index in [1.807, 2.05) is 0 Å². The number of hydrogen-bond acceptors (Lipinski definition) is 2. The first-order valence-electron chi connectivity index (χ1n) is 5.61. The lowest BCUT2D eigenvalue weighted by molar-refractivity contribution is 0.238. The van der Waals surface area contributed by atoms with Gasteiger partial charge in [0.05, 0.1) is 0 Å². The van der Waals surface area contributed by atoms with Crippen molar-refractivity contribution in [2.45, 2.75) is 38.6 Å². The number of carbonyl (C=O) groups excluding carboxylic acids is 1. The number of urea groups is 1. The van der Waals surface area contributed by atoms with Crippen molar-refractivity contribution in [3.63, 3.8) is 0 Å². The summed E-state index contributed by atoms with van der Waals surface area (Å²) in [6.45, 7) is 2.86. The summed E-state index contributed by atoms with van der Waals surface area (Å²) in [5, 5.41) is 5.65. The minimum atomic E-state index is -0.721. The lowest BCUT2D eigenvalue weighted by Gasteiger charge is -2.11. The van der Waals surface area contributed by atoms with Crippen LogP contribution < -0.4 is 10.6 Å². The molecule has 2 N–H and O–H groups in total. The van der Waals surface area contributed by atoms with E-state index < -0.39 is 10.8 Å². The average Bonchev–Trinajstić information content (AvgIpc) is 2.59. The molecule has 5 heteroatoms. The molecule has 2 atom stereocenters. The van der Waals surface area contributed by atoms with Crippen LogP contribution in [0.4, 0.5) is 4.79 Å². The molecule has 0 aromatic carbocycles. The van der Waals surface area contributed by atoms with Gasteiger partial charge in [0.25, 0.3) is 0 Å². The van der Waals surface area contributed by atoms with Crippen LogP contribution in [0.2, 0.25) is 0 Å². The van der Waals surface area contributed by atoms with Crippen molar-refractivity contribution >= 4 is 16.8 Å². The Hall–Kier alpha value is -0.580.